The standard InChI is InChI=1S/C25H19ClN4O/c26-19-13-11-17(12-14-19)21-15-28-25-23(18-7-3-1-4-8-18)22(29-30(25)24(21)27)16-31-20-9-5-2-6-10-20/h1-15H,16,27H2. The van der Waals surface area contributed by atoms with Gasteiger partial charge in [0.05, 0.1) is 5.56 Å². The predicted octanol–water partition coefficient (Wildman–Crippen LogP) is 5.88. The Balaban J connectivity index is 1.64. The van der Waals surface area contributed by atoms with Crippen LogP contribution in [0.25, 0.3) is 27.9 Å². The molecule has 0 atom stereocenters. The Labute approximate surface area is 184 Å². The summed E-state index contributed by atoms with van der Waals surface area (Å²) in [6, 6.07) is 27.2. The number of ether oxygens (including phenoxy) is 1. The molecule has 2 heterocycles. The van der Waals surface area contributed by atoms with Crippen LogP contribution in [0.1, 0.15) is 5.69 Å². The molecular formula is C25H19ClN4O. The molecule has 0 aliphatic carbocycles. The van der Waals surface area contributed by atoms with E-state index in [9.17, 15) is 0 Å². The molecule has 0 amide bonds. The Hall–Kier alpha value is -3.83. The monoisotopic (exact) mass is 426 g/mol. The van der Waals surface area contributed by atoms with Crippen molar-refractivity contribution in [3.05, 3.63) is 102 Å². The van der Waals surface area contributed by atoms with Crippen molar-refractivity contribution in [1.82, 2.24) is 14.6 Å². The zero-order valence-electron chi connectivity index (χ0n) is 16.6. The highest BCUT2D eigenvalue weighted by atomic mass is 35.5. The second kappa shape index (κ2) is 8.13. The summed E-state index contributed by atoms with van der Waals surface area (Å²) in [5.41, 5.74) is 11.6. The predicted molar refractivity (Wildman–Crippen MR) is 124 cm³/mol. The van der Waals surface area contributed by atoms with E-state index in [2.05, 4.69) is 0 Å². The molecule has 2 N–H and O–H groups in total. The smallest absolute Gasteiger partial charge is 0.165 e. The van der Waals surface area contributed by atoms with Crippen LogP contribution in [-0.2, 0) is 6.61 Å². The maximum absolute atomic E-state index is 6.54. The Morgan fingerprint density at radius 3 is 2.23 bits per heavy atom. The van der Waals surface area contributed by atoms with Gasteiger partial charge in [0.1, 0.15) is 23.9 Å². The number of nitrogens with zero attached hydrogens (tertiary/aromatic N) is 3. The number of anilines is 1. The van der Waals surface area contributed by atoms with E-state index >= 15 is 0 Å². The highest BCUT2D eigenvalue weighted by molar-refractivity contribution is 6.30. The number of nitrogens with two attached hydrogens (primary N) is 1. The summed E-state index contributed by atoms with van der Waals surface area (Å²) in [4.78, 5) is 4.72. The fraction of sp³-hybridized carbons (Fsp3) is 0.0400. The van der Waals surface area contributed by atoms with Gasteiger partial charge in [-0.3, -0.25) is 0 Å². The molecule has 0 aliphatic heterocycles. The normalized spacial score (nSPS) is 11.0. The lowest BCUT2D eigenvalue weighted by Gasteiger charge is -2.08. The lowest BCUT2D eigenvalue weighted by Crippen LogP contribution is -2.03. The van der Waals surface area contributed by atoms with E-state index in [-0.39, 0.29) is 0 Å². The molecule has 0 bridgehead atoms. The van der Waals surface area contributed by atoms with Crippen molar-refractivity contribution in [3.63, 3.8) is 0 Å². The molecule has 5 nitrogen and oxygen atoms in total. The molecule has 0 radical (unpaired) electrons. The third-order valence-electron chi connectivity index (χ3n) is 5.09. The van der Waals surface area contributed by atoms with Gasteiger partial charge in [0.25, 0.3) is 0 Å². The van der Waals surface area contributed by atoms with Crippen molar-refractivity contribution in [2.75, 3.05) is 5.73 Å². The van der Waals surface area contributed by atoms with E-state index < -0.39 is 0 Å². The van der Waals surface area contributed by atoms with Crippen LogP contribution < -0.4 is 10.5 Å². The molecule has 0 spiro atoms. The number of rotatable bonds is 5. The van der Waals surface area contributed by atoms with Gasteiger partial charge in [0, 0.05) is 16.8 Å². The second-order valence-corrected chi connectivity index (χ2v) is 7.53. The number of nitrogen functional groups attached to an aromatic ring is 1. The average Bonchev–Trinajstić information content (AvgIpc) is 3.19. The Kier molecular flexibility index (Phi) is 5.02. The third-order valence-corrected chi connectivity index (χ3v) is 5.34. The van der Waals surface area contributed by atoms with Crippen molar-refractivity contribution in [2.24, 2.45) is 0 Å². The van der Waals surface area contributed by atoms with Gasteiger partial charge in [-0.2, -0.15) is 9.61 Å². The van der Waals surface area contributed by atoms with E-state index in [1.54, 1.807) is 10.7 Å². The minimum atomic E-state index is 0.299. The minimum absolute atomic E-state index is 0.299. The fourth-order valence-corrected chi connectivity index (χ4v) is 3.69. The summed E-state index contributed by atoms with van der Waals surface area (Å²) < 4.78 is 7.68. The first kappa shape index (κ1) is 19.2. The molecular weight excluding hydrogens is 408 g/mol. The number of hydrogen-bond donors (Lipinski definition) is 1. The van der Waals surface area contributed by atoms with E-state index in [0.717, 1.165) is 33.7 Å². The molecule has 0 unspecified atom stereocenters. The molecule has 6 heteroatoms. The van der Waals surface area contributed by atoms with Crippen LogP contribution in [0.4, 0.5) is 5.82 Å². The molecule has 3 aromatic carbocycles. The van der Waals surface area contributed by atoms with Crippen LogP contribution >= 0.6 is 11.6 Å². The lowest BCUT2D eigenvalue weighted by atomic mass is 10.1. The van der Waals surface area contributed by atoms with Crippen LogP contribution in [-0.4, -0.2) is 14.6 Å². The van der Waals surface area contributed by atoms with Crippen molar-refractivity contribution < 1.29 is 4.74 Å². The molecule has 2 aromatic heterocycles. The summed E-state index contributed by atoms with van der Waals surface area (Å²) in [5.74, 6) is 1.29. The minimum Gasteiger partial charge on any atom is -0.487 e. The topological polar surface area (TPSA) is 65.4 Å². The van der Waals surface area contributed by atoms with Gasteiger partial charge in [-0.25, -0.2) is 4.98 Å². The van der Waals surface area contributed by atoms with Crippen molar-refractivity contribution >= 4 is 23.1 Å². The van der Waals surface area contributed by atoms with Gasteiger partial charge < -0.3 is 10.5 Å². The van der Waals surface area contributed by atoms with Crippen molar-refractivity contribution in [2.45, 2.75) is 6.61 Å². The average molecular weight is 427 g/mol. The van der Waals surface area contributed by atoms with Gasteiger partial charge in [-0.15, -0.1) is 0 Å². The van der Waals surface area contributed by atoms with E-state index in [0.29, 0.717) is 23.1 Å². The number of hydrogen-bond acceptors (Lipinski definition) is 4. The third kappa shape index (κ3) is 3.71. The highest BCUT2D eigenvalue weighted by Gasteiger charge is 2.19. The first-order valence-corrected chi connectivity index (χ1v) is 10.2. The largest absolute Gasteiger partial charge is 0.487 e. The van der Waals surface area contributed by atoms with E-state index in [1.807, 2.05) is 84.9 Å². The van der Waals surface area contributed by atoms with Crippen LogP contribution in [0.15, 0.2) is 91.1 Å². The zero-order valence-corrected chi connectivity index (χ0v) is 17.3. The van der Waals surface area contributed by atoms with Crippen LogP contribution in [0.2, 0.25) is 5.02 Å². The number of aromatic nitrogens is 3. The van der Waals surface area contributed by atoms with Gasteiger partial charge in [0.2, 0.25) is 0 Å². The quantitative estimate of drug-likeness (QED) is 0.381. The van der Waals surface area contributed by atoms with Gasteiger partial charge >= 0.3 is 0 Å². The molecule has 152 valence electrons. The molecule has 0 saturated carbocycles. The zero-order chi connectivity index (χ0) is 21.2. The number of halogens is 1. The number of benzene rings is 3. The first-order chi connectivity index (χ1) is 15.2. The number of fused-ring (bicyclic) bond motifs is 1. The van der Waals surface area contributed by atoms with Gasteiger partial charge in [-0.05, 0) is 35.4 Å². The summed E-state index contributed by atoms with van der Waals surface area (Å²) in [6.45, 7) is 0.299. The van der Waals surface area contributed by atoms with Crippen LogP contribution in [0.5, 0.6) is 5.75 Å². The summed E-state index contributed by atoms with van der Waals surface area (Å²) in [6.07, 6.45) is 1.78. The molecule has 0 aliphatic rings. The fourth-order valence-electron chi connectivity index (χ4n) is 3.57. The second-order valence-electron chi connectivity index (χ2n) is 7.09. The van der Waals surface area contributed by atoms with Crippen LogP contribution in [0.3, 0.4) is 0 Å². The van der Waals surface area contributed by atoms with Crippen molar-refractivity contribution in [1.29, 1.82) is 0 Å². The van der Waals surface area contributed by atoms with Crippen molar-refractivity contribution in [3.8, 4) is 28.0 Å². The Bertz CT molecular complexity index is 1330. The Morgan fingerprint density at radius 1 is 0.839 bits per heavy atom. The highest BCUT2D eigenvalue weighted by Crippen LogP contribution is 2.33. The summed E-state index contributed by atoms with van der Waals surface area (Å²) >= 11 is 6.03. The molecule has 0 saturated heterocycles. The maximum Gasteiger partial charge on any atom is 0.165 e. The number of para-hydroxylation sites is 1. The van der Waals surface area contributed by atoms with E-state index in [1.165, 1.54) is 0 Å². The molecule has 5 aromatic rings. The maximum atomic E-state index is 6.54. The Morgan fingerprint density at radius 2 is 1.52 bits per heavy atom. The SMILES string of the molecule is Nc1c(-c2ccc(Cl)cc2)cnc2c(-c3ccccc3)c(COc3ccccc3)nn12. The molecule has 0 fully saturated rings. The first-order valence-electron chi connectivity index (χ1n) is 9.86. The van der Waals surface area contributed by atoms with Gasteiger partial charge in [0.15, 0.2) is 5.65 Å². The van der Waals surface area contributed by atoms with Crippen LogP contribution in [0, 0.1) is 0 Å². The van der Waals surface area contributed by atoms with Gasteiger partial charge in [-0.1, -0.05) is 72.3 Å². The summed E-state index contributed by atoms with van der Waals surface area (Å²) in [5, 5.41) is 5.45. The molecule has 31 heavy (non-hydrogen) atoms. The van der Waals surface area contributed by atoms with E-state index in [4.69, 9.17) is 32.2 Å². The molecule has 5 rings (SSSR count). The summed E-state index contributed by atoms with van der Waals surface area (Å²) in [7, 11) is 0. The lowest BCUT2D eigenvalue weighted by molar-refractivity contribution is 0.301.